The first kappa shape index (κ1) is 20.0. The first-order valence-corrected chi connectivity index (χ1v) is 9.09. The number of phenols is 1. The lowest BCUT2D eigenvalue weighted by molar-refractivity contribution is 0.0597. The number of rotatable bonds is 6. The molecule has 1 unspecified atom stereocenters. The Morgan fingerprint density at radius 2 is 1.31 bits per heavy atom. The van der Waals surface area contributed by atoms with Gasteiger partial charge in [0.05, 0.1) is 18.6 Å². The van der Waals surface area contributed by atoms with Crippen LogP contribution in [-0.4, -0.2) is 29.8 Å². The van der Waals surface area contributed by atoms with E-state index < -0.39 is 23.4 Å². The average molecular weight is 388 g/mol. The van der Waals surface area contributed by atoms with Gasteiger partial charge in [-0.2, -0.15) is 0 Å². The minimum Gasteiger partial charge on any atom is -0.506 e. The number of para-hydroxylation sites is 1. The number of hydrogen-bond acceptors (Lipinski definition) is 5. The van der Waals surface area contributed by atoms with Crippen molar-refractivity contribution in [2.24, 2.45) is 5.92 Å². The van der Waals surface area contributed by atoms with E-state index in [-0.39, 0.29) is 16.9 Å². The number of carbonyl (C=O) groups is 3. The summed E-state index contributed by atoms with van der Waals surface area (Å²) in [5.41, 5.74) is 1.80. The molecule has 0 saturated carbocycles. The van der Waals surface area contributed by atoms with Crippen LogP contribution in [0.25, 0.3) is 11.1 Å². The minimum atomic E-state index is -1.04. The summed E-state index contributed by atoms with van der Waals surface area (Å²) in [6.45, 7) is 1.50. The Kier molecular flexibility index (Phi) is 5.88. The molecule has 0 bridgehead atoms. The second-order valence-electron chi connectivity index (χ2n) is 6.56. The van der Waals surface area contributed by atoms with Crippen LogP contribution in [0.3, 0.4) is 0 Å². The van der Waals surface area contributed by atoms with Gasteiger partial charge in [0.1, 0.15) is 11.3 Å². The first-order chi connectivity index (χ1) is 14.0. The standard InChI is InChI=1S/C24H20O5/c1-15(22(26)19-13-8-14-20(23(19)27)24(28)29-2)21(25)18-12-7-6-11-17(18)16-9-4-3-5-10-16/h3-15,27H,1-2H3. The molecule has 0 amide bonds. The molecule has 5 nitrogen and oxygen atoms in total. The monoisotopic (exact) mass is 388 g/mol. The smallest absolute Gasteiger partial charge is 0.341 e. The molecule has 0 aliphatic rings. The van der Waals surface area contributed by atoms with Crippen LogP contribution < -0.4 is 0 Å². The van der Waals surface area contributed by atoms with Gasteiger partial charge in [-0.15, -0.1) is 0 Å². The maximum Gasteiger partial charge on any atom is 0.341 e. The maximum atomic E-state index is 13.1. The van der Waals surface area contributed by atoms with E-state index in [0.717, 1.165) is 11.1 Å². The van der Waals surface area contributed by atoms with Crippen LogP contribution in [0, 0.1) is 5.92 Å². The lowest BCUT2D eigenvalue weighted by Crippen LogP contribution is -2.22. The highest BCUT2D eigenvalue weighted by atomic mass is 16.5. The van der Waals surface area contributed by atoms with Crippen molar-refractivity contribution in [2.45, 2.75) is 6.92 Å². The van der Waals surface area contributed by atoms with Crippen molar-refractivity contribution in [3.8, 4) is 16.9 Å². The van der Waals surface area contributed by atoms with E-state index in [1.54, 1.807) is 12.1 Å². The van der Waals surface area contributed by atoms with Gasteiger partial charge >= 0.3 is 5.97 Å². The van der Waals surface area contributed by atoms with E-state index in [1.165, 1.54) is 32.2 Å². The van der Waals surface area contributed by atoms with Gasteiger partial charge in [-0.05, 0) is 30.2 Å². The molecule has 29 heavy (non-hydrogen) atoms. The molecule has 0 aliphatic carbocycles. The molecule has 5 heteroatoms. The molecule has 0 spiro atoms. The van der Waals surface area contributed by atoms with Crippen LogP contribution in [-0.2, 0) is 4.74 Å². The molecular formula is C24H20O5. The Morgan fingerprint density at radius 1 is 0.759 bits per heavy atom. The number of esters is 1. The predicted molar refractivity (Wildman–Crippen MR) is 109 cm³/mol. The van der Waals surface area contributed by atoms with E-state index in [1.807, 2.05) is 42.5 Å². The largest absolute Gasteiger partial charge is 0.506 e. The molecular weight excluding hydrogens is 368 g/mol. The predicted octanol–water partition coefficient (Wildman–Crippen LogP) is 4.55. The number of aromatic hydroxyl groups is 1. The van der Waals surface area contributed by atoms with Crippen molar-refractivity contribution in [2.75, 3.05) is 7.11 Å². The highest BCUT2D eigenvalue weighted by Gasteiger charge is 2.29. The molecule has 1 atom stereocenters. The van der Waals surface area contributed by atoms with Crippen LogP contribution in [0.4, 0.5) is 0 Å². The summed E-state index contributed by atoms with van der Waals surface area (Å²) in [6.07, 6.45) is 0. The van der Waals surface area contributed by atoms with Crippen molar-refractivity contribution in [1.82, 2.24) is 0 Å². The fourth-order valence-corrected chi connectivity index (χ4v) is 3.17. The number of hydrogen-bond donors (Lipinski definition) is 1. The number of benzene rings is 3. The normalized spacial score (nSPS) is 11.5. The zero-order valence-electron chi connectivity index (χ0n) is 16.1. The van der Waals surface area contributed by atoms with Crippen LogP contribution in [0.1, 0.15) is 38.0 Å². The number of ketones is 2. The number of ether oxygens (including phenoxy) is 1. The highest BCUT2D eigenvalue weighted by molar-refractivity contribution is 6.19. The van der Waals surface area contributed by atoms with E-state index in [2.05, 4.69) is 4.74 Å². The van der Waals surface area contributed by atoms with Gasteiger partial charge < -0.3 is 9.84 Å². The van der Waals surface area contributed by atoms with E-state index in [4.69, 9.17) is 0 Å². The van der Waals surface area contributed by atoms with Crippen molar-refractivity contribution in [3.63, 3.8) is 0 Å². The molecule has 146 valence electrons. The van der Waals surface area contributed by atoms with Crippen molar-refractivity contribution < 1.29 is 24.2 Å². The number of phenolic OH excluding ortho intramolecular Hbond substituents is 1. The second kappa shape index (κ2) is 8.52. The molecule has 3 rings (SSSR count). The molecule has 3 aromatic rings. The van der Waals surface area contributed by atoms with Gasteiger partial charge in [0.2, 0.25) is 0 Å². The van der Waals surface area contributed by atoms with Gasteiger partial charge in [0, 0.05) is 5.56 Å². The van der Waals surface area contributed by atoms with E-state index in [9.17, 15) is 19.5 Å². The molecule has 0 heterocycles. The SMILES string of the molecule is COC(=O)c1cccc(C(=O)C(C)C(=O)c2ccccc2-c2ccccc2)c1O. The first-order valence-electron chi connectivity index (χ1n) is 9.09. The van der Waals surface area contributed by atoms with Crippen molar-refractivity contribution >= 4 is 17.5 Å². The fraction of sp³-hybridized carbons (Fsp3) is 0.125. The molecule has 0 saturated heterocycles. The summed E-state index contributed by atoms with van der Waals surface area (Å²) in [7, 11) is 1.18. The van der Waals surface area contributed by atoms with E-state index in [0.29, 0.717) is 5.56 Å². The second-order valence-corrected chi connectivity index (χ2v) is 6.56. The third-order valence-corrected chi connectivity index (χ3v) is 4.77. The third kappa shape index (κ3) is 3.94. The van der Waals surface area contributed by atoms with E-state index >= 15 is 0 Å². The Labute approximate surface area is 168 Å². The topological polar surface area (TPSA) is 80.7 Å². The quantitative estimate of drug-likeness (QED) is 0.381. The fourth-order valence-electron chi connectivity index (χ4n) is 3.17. The third-order valence-electron chi connectivity index (χ3n) is 4.77. The Balaban J connectivity index is 1.97. The number of methoxy groups -OCH3 is 1. The van der Waals surface area contributed by atoms with Gasteiger partial charge in [0.15, 0.2) is 11.6 Å². The lowest BCUT2D eigenvalue weighted by Gasteiger charge is -2.15. The average Bonchev–Trinajstić information content (AvgIpc) is 2.78. The Morgan fingerprint density at radius 3 is 2.00 bits per heavy atom. The summed E-state index contributed by atoms with van der Waals surface area (Å²) in [5.74, 6) is -3.22. The number of Topliss-reactive ketones (excluding diaryl/α,β-unsaturated/α-hetero) is 2. The van der Waals surface area contributed by atoms with Crippen LogP contribution in [0.5, 0.6) is 5.75 Å². The Hall–Kier alpha value is -3.73. The highest BCUT2D eigenvalue weighted by Crippen LogP contribution is 2.29. The van der Waals surface area contributed by atoms with Gasteiger partial charge in [0.25, 0.3) is 0 Å². The summed E-state index contributed by atoms with van der Waals surface area (Å²) in [5, 5.41) is 10.4. The Bertz CT molecular complexity index is 1070. The van der Waals surface area contributed by atoms with Gasteiger partial charge in [-0.1, -0.05) is 60.7 Å². The van der Waals surface area contributed by atoms with Crippen molar-refractivity contribution in [3.05, 3.63) is 89.5 Å². The van der Waals surface area contributed by atoms with Crippen LogP contribution in [0.15, 0.2) is 72.8 Å². The molecule has 1 N–H and O–H groups in total. The lowest BCUT2D eigenvalue weighted by atomic mass is 9.87. The summed E-state index contributed by atoms with van der Waals surface area (Å²) < 4.78 is 4.62. The molecule has 0 aromatic heterocycles. The summed E-state index contributed by atoms with van der Waals surface area (Å²) in [6, 6.07) is 20.7. The van der Waals surface area contributed by atoms with Gasteiger partial charge in [-0.25, -0.2) is 4.79 Å². The number of carbonyl (C=O) groups excluding carboxylic acids is 3. The van der Waals surface area contributed by atoms with Crippen LogP contribution >= 0.6 is 0 Å². The maximum absolute atomic E-state index is 13.1. The molecule has 0 aliphatic heterocycles. The summed E-state index contributed by atoms with van der Waals surface area (Å²) >= 11 is 0. The summed E-state index contributed by atoms with van der Waals surface area (Å²) in [4.78, 5) is 37.9. The molecule has 0 fully saturated rings. The van der Waals surface area contributed by atoms with Crippen LogP contribution in [0.2, 0.25) is 0 Å². The van der Waals surface area contributed by atoms with Gasteiger partial charge in [-0.3, -0.25) is 9.59 Å². The van der Waals surface area contributed by atoms with Crippen molar-refractivity contribution in [1.29, 1.82) is 0 Å². The molecule has 0 radical (unpaired) electrons. The zero-order chi connectivity index (χ0) is 21.0. The minimum absolute atomic E-state index is 0.0917. The zero-order valence-corrected chi connectivity index (χ0v) is 16.1. The molecule has 3 aromatic carbocycles.